The number of para-hydroxylation sites is 1. The molecule has 0 bridgehead atoms. The molecule has 0 heterocycles. The van der Waals surface area contributed by atoms with E-state index in [4.69, 9.17) is 4.74 Å². The van der Waals surface area contributed by atoms with Gasteiger partial charge in [0.05, 0.1) is 0 Å². The lowest BCUT2D eigenvalue weighted by molar-refractivity contribution is -0.123. The van der Waals surface area contributed by atoms with Crippen molar-refractivity contribution in [3.8, 4) is 5.75 Å². The number of carbonyl (C=O) groups is 2. The maximum atomic E-state index is 12.5. The number of rotatable bonds is 8. The Balaban J connectivity index is 1.90. The van der Waals surface area contributed by atoms with Crippen LogP contribution in [0, 0.1) is 13.8 Å². The lowest BCUT2D eigenvalue weighted by Crippen LogP contribution is -2.32. The van der Waals surface area contributed by atoms with E-state index in [-0.39, 0.29) is 18.4 Å². The summed E-state index contributed by atoms with van der Waals surface area (Å²) in [6.07, 6.45) is 0. The average molecular weight is 369 g/mol. The number of nitrogens with one attached hydrogen (secondary N) is 3. The number of aryl methyl sites for hydroxylation is 2. The number of ether oxygens (including phenoxy) is 1. The first kappa shape index (κ1) is 20.3. The molecule has 0 spiro atoms. The Morgan fingerprint density at radius 1 is 1.04 bits per heavy atom. The summed E-state index contributed by atoms with van der Waals surface area (Å²) in [4.78, 5) is 23.9. The second-order valence-electron chi connectivity index (χ2n) is 6.39. The number of hydrogen-bond acceptors (Lipinski definition) is 4. The van der Waals surface area contributed by atoms with Crippen molar-refractivity contribution < 1.29 is 14.3 Å². The highest BCUT2D eigenvalue weighted by Crippen LogP contribution is 2.20. The van der Waals surface area contributed by atoms with Gasteiger partial charge in [0.15, 0.2) is 6.61 Å². The Bertz CT molecular complexity index is 768. The van der Waals surface area contributed by atoms with Crippen LogP contribution in [0.2, 0.25) is 0 Å². The number of likely N-dealkylation sites (N-methyl/N-ethyl adjacent to an activating group) is 1. The fourth-order valence-corrected chi connectivity index (χ4v) is 2.60. The van der Waals surface area contributed by atoms with E-state index < -0.39 is 6.04 Å². The quantitative estimate of drug-likeness (QED) is 0.667. The highest BCUT2D eigenvalue weighted by molar-refractivity contribution is 5.97. The Kier molecular flexibility index (Phi) is 7.23. The van der Waals surface area contributed by atoms with Gasteiger partial charge in [0.1, 0.15) is 11.8 Å². The predicted molar refractivity (Wildman–Crippen MR) is 108 cm³/mol. The normalized spacial score (nSPS) is 11.4. The fourth-order valence-electron chi connectivity index (χ4n) is 2.60. The minimum absolute atomic E-state index is 0.0186. The Morgan fingerprint density at radius 3 is 2.26 bits per heavy atom. The third-order valence-electron chi connectivity index (χ3n) is 4.10. The summed E-state index contributed by atoms with van der Waals surface area (Å²) in [6.45, 7) is 8.17. The second kappa shape index (κ2) is 9.62. The molecule has 2 aromatic rings. The van der Waals surface area contributed by atoms with E-state index in [9.17, 15) is 9.59 Å². The van der Waals surface area contributed by atoms with E-state index in [0.717, 1.165) is 22.5 Å². The fraction of sp³-hybridized carbons (Fsp3) is 0.333. The standard InChI is InChI=1S/C21H27N3O3/c1-5-22-19(25)13-27-18-11-9-17(10-12-18)23-16(4)21(26)24-20-14(2)7-6-8-15(20)3/h6-12,16,23H,5,13H2,1-4H3,(H,22,25)(H,24,26)/t16-/m0/s1. The first-order valence-corrected chi connectivity index (χ1v) is 9.04. The largest absolute Gasteiger partial charge is 0.484 e. The molecule has 6 nitrogen and oxygen atoms in total. The first-order chi connectivity index (χ1) is 12.9. The molecule has 0 aliphatic heterocycles. The molecule has 0 unspecified atom stereocenters. The molecule has 144 valence electrons. The third-order valence-corrected chi connectivity index (χ3v) is 4.10. The molecule has 0 fully saturated rings. The SMILES string of the molecule is CCNC(=O)COc1ccc(N[C@@H](C)C(=O)Nc2c(C)cccc2C)cc1. The van der Waals surface area contributed by atoms with Crippen LogP contribution in [0.3, 0.4) is 0 Å². The minimum Gasteiger partial charge on any atom is -0.484 e. The predicted octanol–water partition coefficient (Wildman–Crippen LogP) is 3.26. The van der Waals surface area contributed by atoms with Crippen molar-refractivity contribution in [3.05, 3.63) is 53.6 Å². The van der Waals surface area contributed by atoms with Gasteiger partial charge < -0.3 is 20.7 Å². The van der Waals surface area contributed by atoms with Crippen molar-refractivity contribution in [1.29, 1.82) is 0 Å². The first-order valence-electron chi connectivity index (χ1n) is 9.04. The summed E-state index contributed by atoms with van der Waals surface area (Å²) in [7, 11) is 0. The van der Waals surface area contributed by atoms with E-state index in [1.54, 1.807) is 12.1 Å². The molecule has 2 rings (SSSR count). The van der Waals surface area contributed by atoms with Gasteiger partial charge in [0, 0.05) is 17.9 Å². The summed E-state index contributed by atoms with van der Waals surface area (Å²) in [5.74, 6) is 0.333. The van der Waals surface area contributed by atoms with Crippen LogP contribution in [0.25, 0.3) is 0 Å². The average Bonchev–Trinajstić information content (AvgIpc) is 2.64. The van der Waals surface area contributed by atoms with Crippen molar-refractivity contribution in [2.45, 2.75) is 33.7 Å². The Labute approximate surface area is 160 Å². The summed E-state index contributed by atoms with van der Waals surface area (Å²) in [5.41, 5.74) is 3.71. The highest BCUT2D eigenvalue weighted by atomic mass is 16.5. The molecular formula is C21H27N3O3. The van der Waals surface area contributed by atoms with Crippen LogP contribution in [0.5, 0.6) is 5.75 Å². The van der Waals surface area contributed by atoms with Crippen LogP contribution in [-0.2, 0) is 9.59 Å². The molecule has 0 aromatic heterocycles. The lowest BCUT2D eigenvalue weighted by atomic mass is 10.1. The molecule has 0 saturated carbocycles. The molecule has 0 saturated heterocycles. The third kappa shape index (κ3) is 6.02. The molecule has 6 heteroatoms. The van der Waals surface area contributed by atoms with Crippen LogP contribution in [0.1, 0.15) is 25.0 Å². The molecular weight excluding hydrogens is 342 g/mol. The van der Waals surface area contributed by atoms with Gasteiger partial charge in [0.2, 0.25) is 5.91 Å². The van der Waals surface area contributed by atoms with Gasteiger partial charge in [0.25, 0.3) is 5.91 Å². The van der Waals surface area contributed by atoms with Crippen LogP contribution in [-0.4, -0.2) is 31.0 Å². The highest BCUT2D eigenvalue weighted by Gasteiger charge is 2.15. The van der Waals surface area contributed by atoms with Crippen molar-refractivity contribution in [2.75, 3.05) is 23.8 Å². The van der Waals surface area contributed by atoms with Crippen molar-refractivity contribution in [2.24, 2.45) is 0 Å². The topological polar surface area (TPSA) is 79.5 Å². The van der Waals surface area contributed by atoms with E-state index in [1.165, 1.54) is 0 Å². The molecule has 0 aliphatic carbocycles. The minimum atomic E-state index is -0.411. The zero-order valence-electron chi connectivity index (χ0n) is 16.3. The van der Waals surface area contributed by atoms with Crippen LogP contribution in [0.15, 0.2) is 42.5 Å². The molecule has 3 N–H and O–H groups in total. The number of anilines is 2. The van der Waals surface area contributed by atoms with Gasteiger partial charge in [-0.3, -0.25) is 9.59 Å². The summed E-state index contributed by atoms with van der Waals surface area (Å²) in [5, 5.41) is 8.82. The monoisotopic (exact) mass is 369 g/mol. The molecule has 0 radical (unpaired) electrons. The maximum absolute atomic E-state index is 12.5. The Morgan fingerprint density at radius 2 is 1.67 bits per heavy atom. The van der Waals surface area contributed by atoms with E-state index in [0.29, 0.717) is 12.3 Å². The Hall–Kier alpha value is -3.02. The van der Waals surface area contributed by atoms with E-state index >= 15 is 0 Å². The van der Waals surface area contributed by atoms with Crippen molar-refractivity contribution in [3.63, 3.8) is 0 Å². The van der Waals surface area contributed by atoms with Gasteiger partial charge in [-0.1, -0.05) is 18.2 Å². The molecule has 1 atom stereocenters. The van der Waals surface area contributed by atoms with Crippen molar-refractivity contribution >= 4 is 23.2 Å². The zero-order valence-corrected chi connectivity index (χ0v) is 16.3. The molecule has 2 aromatic carbocycles. The number of amides is 2. The summed E-state index contributed by atoms with van der Waals surface area (Å²) < 4.78 is 5.41. The van der Waals surface area contributed by atoms with Gasteiger partial charge in [-0.15, -0.1) is 0 Å². The van der Waals surface area contributed by atoms with Gasteiger partial charge in [-0.2, -0.15) is 0 Å². The summed E-state index contributed by atoms with van der Waals surface area (Å²) in [6, 6.07) is 12.7. The van der Waals surface area contributed by atoms with E-state index in [2.05, 4.69) is 16.0 Å². The molecule has 0 aliphatic rings. The van der Waals surface area contributed by atoms with Crippen molar-refractivity contribution in [1.82, 2.24) is 5.32 Å². The lowest BCUT2D eigenvalue weighted by Gasteiger charge is -2.18. The smallest absolute Gasteiger partial charge is 0.257 e. The zero-order chi connectivity index (χ0) is 19.8. The van der Waals surface area contributed by atoms with Crippen LogP contribution >= 0.6 is 0 Å². The van der Waals surface area contributed by atoms with Gasteiger partial charge in [-0.25, -0.2) is 0 Å². The number of carbonyl (C=O) groups excluding carboxylic acids is 2. The van der Waals surface area contributed by atoms with E-state index in [1.807, 2.05) is 58.0 Å². The van der Waals surface area contributed by atoms with Crippen LogP contribution < -0.4 is 20.7 Å². The molecule has 27 heavy (non-hydrogen) atoms. The maximum Gasteiger partial charge on any atom is 0.257 e. The number of hydrogen-bond donors (Lipinski definition) is 3. The molecule has 2 amide bonds. The van der Waals surface area contributed by atoms with Gasteiger partial charge >= 0.3 is 0 Å². The van der Waals surface area contributed by atoms with Gasteiger partial charge in [-0.05, 0) is 63.1 Å². The summed E-state index contributed by atoms with van der Waals surface area (Å²) >= 11 is 0. The number of benzene rings is 2. The second-order valence-corrected chi connectivity index (χ2v) is 6.39. The van der Waals surface area contributed by atoms with Crippen LogP contribution in [0.4, 0.5) is 11.4 Å².